The summed E-state index contributed by atoms with van der Waals surface area (Å²) in [6, 6.07) is 0.652. The first-order valence-corrected chi connectivity index (χ1v) is 9.19. The maximum atomic E-state index is 3.83. The first-order chi connectivity index (χ1) is 10.2. The number of hydrogen-bond donors (Lipinski definition) is 1. The van der Waals surface area contributed by atoms with Crippen LogP contribution in [0, 0.1) is 0 Å². The van der Waals surface area contributed by atoms with E-state index in [-0.39, 0.29) is 0 Å². The van der Waals surface area contributed by atoms with Crippen LogP contribution in [-0.4, -0.2) is 37.1 Å². The van der Waals surface area contributed by atoms with E-state index in [1.807, 2.05) is 6.08 Å². The molecule has 1 aliphatic rings. The van der Waals surface area contributed by atoms with Crippen LogP contribution in [0.15, 0.2) is 12.7 Å². The highest BCUT2D eigenvalue weighted by atomic mass is 15.2. The van der Waals surface area contributed by atoms with Gasteiger partial charge in [0.1, 0.15) is 0 Å². The molecule has 0 radical (unpaired) electrons. The van der Waals surface area contributed by atoms with Gasteiger partial charge in [-0.1, -0.05) is 51.5 Å². The Morgan fingerprint density at radius 1 is 1.10 bits per heavy atom. The molecule has 1 N–H and O–H groups in total. The van der Waals surface area contributed by atoms with Gasteiger partial charge in [-0.15, -0.1) is 6.58 Å². The average Bonchev–Trinajstić information content (AvgIpc) is 2.72. The van der Waals surface area contributed by atoms with Gasteiger partial charge in [0.25, 0.3) is 0 Å². The number of hydrogen-bond acceptors (Lipinski definition) is 2. The van der Waals surface area contributed by atoms with Crippen molar-refractivity contribution in [2.75, 3.05) is 20.6 Å². The van der Waals surface area contributed by atoms with Gasteiger partial charge in [-0.05, 0) is 52.7 Å². The van der Waals surface area contributed by atoms with Crippen LogP contribution in [-0.2, 0) is 0 Å². The lowest BCUT2D eigenvalue weighted by Crippen LogP contribution is -2.58. The molecular formula is C19H38N2. The van der Waals surface area contributed by atoms with E-state index in [2.05, 4.69) is 37.8 Å². The molecule has 0 aromatic carbocycles. The van der Waals surface area contributed by atoms with E-state index in [1.54, 1.807) is 0 Å². The highest BCUT2D eigenvalue weighted by Crippen LogP contribution is 2.36. The molecule has 1 saturated carbocycles. The summed E-state index contributed by atoms with van der Waals surface area (Å²) in [6.45, 7) is 7.17. The summed E-state index contributed by atoms with van der Waals surface area (Å²) in [5, 5.41) is 3.83. The molecule has 1 aliphatic carbocycles. The van der Waals surface area contributed by atoms with Crippen molar-refractivity contribution >= 4 is 0 Å². The molecule has 0 heterocycles. The number of rotatable bonds is 10. The Labute approximate surface area is 133 Å². The molecule has 2 nitrogen and oxygen atoms in total. The molecule has 0 aromatic rings. The third-order valence-electron chi connectivity index (χ3n) is 5.36. The topological polar surface area (TPSA) is 15.3 Å². The molecule has 0 amide bonds. The second kappa shape index (κ2) is 10.4. The van der Waals surface area contributed by atoms with Crippen LogP contribution in [0.2, 0.25) is 0 Å². The van der Waals surface area contributed by atoms with Gasteiger partial charge in [0.2, 0.25) is 0 Å². The SMILES string of the molecule is C=CCCCCCC(NCC)C1(N(C)C)CCCCCC1. The molecule has 2 heteroatoms. The molecule has 0 aromatic heterocycles. The van der Waals surface area contributed by atoms with Gasteiger partial charge in [0, 0.05) is 11.6 Å². The van der Waals surface area contributed by atoms with Crippen molar-refractivity contribution in [3.63, 3.8) is 0 Å². The minimum Gasteiger partial charge on any atom is -0.312 e. The maximum absolute atomic E-state index is 3.83. The number of nitrogens with one attached hydrogen (secondary N) is 1. The van der Waals surface area contributed by atoms with Crippen molar-refractivity contribution in [3.8, 4) is 0 Å². The van der Waals surface area contributed by atoms with E-state index < -0.39 is 0 Å². The lowest BCUT2D eigenvalue weighted by Gasteiger charge is -2.46. The van der Waals surface area contributed by atoms with Crippen LogP contribution in [0.3, 0.4) is 0 Å². The summed E-state index contributed by atoms with van der Waals surface area (Å²) in [7, 11) is 4.60. The van der Waals surface area contributed by atoms with Crippen molar-refractivity contribution in [1.29, 1.82) is 0 Å². The van der Waals surface area contributed by atoms with Gasteiger partial charge < -0.3 is 10.2 Å². The number of likely N-dealkylation sites (N-methyl/N-ethyl adjacent to an activating group) is 2. The number of allylic oxidation sites excluding steroid dienone is 1. The largest absolute Gasteiger partial charge is 0.312 e. The third-order valence-corrected chi connectivity index (χ3v) is 5.36. The smallest absolute Gasteiger partial charge is 0.0356 e. The summed E-state index contributed by atoms with van der Waals surface area (Å²) in [4.78, 5) is 2.54. The standard InChI is InChI=1S/C19H38N2/c1-5-7-8-9-12-15-18(20-6-2)19(21(3)4)16-13-10-11-14-17-19/h5,18,20H,1,6-17H2,2-4H3. The molecule has 21 heavy (non-hydrogen) atoms. The normalized spacial score (nSPS) is 20.2. The van der Waals surface area contributed by atoms with Gasteiger partial charge in [-0.25, -0.2) is 0 Å². The fourth-order valence-corrected chi connectivity index (χ4v) is 4.07. The molecule has 0 aliphatic heterocycles. The van der Waals surface area contributed by atoms with Crippen molar-refractivity contribution < 1.29 is 0 Å². The molecule has 1 unspecified atom stereocenters. The predicted molar refractivity (Wildman–Crippen MR) is 94.9 cm³/mol. The Morgan fingerprint density at radius 2 is 1.76 bits per heavy atom. The summed E-state index contributed by atoms with van der Waals surface area (Å²) in [5.74, 6) is 0. The van der Waals surface area contributed by atoms with Gasteiger partial charge in [0.15, 0.2) is 0 Å². The summed E-state index contributed by atoms with van der Waals surface area (Å²) in [6.07, 6.45) is 16.9. The van der Waals surface area contributed by atoms with Crippen LogP contribution < -0.4 is 5.32 Å². The van der Waals surface area contributed by atoms with Crippen LogP contribution in [0.5, 0.6) is 0 Å². The molecule has 1 rings (SSSR count). The zero-order valence-electron chi connectivity index (χ0n) is 14.8. The molecular weight excluding hydrogens is 256 g/mol. The zero-order chi connectivity index (χ0) is 15.6. The van der Waals surface area contributed by atoms with Gasteiger partial charge in [-0.3, -0.25) is 0 Å². The van der Waals surface area contributed by atoms with Crippen LogP contribution in [0.1, 0.15) is 77.6 Å². The van der Waals surface area contributed by atoms with E-state index in [1.165, 1.54) is 70.6 Å². The van der Waals surface area contributed by atoms with E-state index in [4.69, 9.17) is 0 Å². The lowest BCUT2D eigenvalue weighted by molar-refractivity contribution is 0.0757. The Hall–Kier alpha value is -0.340. The summed E-state index contributed by atoms with van der Waals surface area (Å²) in [5.41, 5.74) is 0.380. The minimum atomic E-state index is 0.380. The number of nitrogens with zero attached hydrogens (tertiary/aromatic N) is 1. The van der Waals surface area contributed by atoms with Gasteiger partial charge in [-0.2, -0.15) is 0 Å². The highest BCUT2D eigenvalue weighted by molar-refractivity contribution is 4.99. The molecule has 0 bridgehead atoms. The Morgan fingerprint density at radius 3 is 2.29 bits per heavy atom. The van der Waals surface area contributed by atoms with Crippen LogP contribution in [0.4, 0.5) is 0 Å². The summed E-state index contributed by atoms with van der Waals surface area (Å²) >= 11 is 0. The first kappa shape index (κ1) is 18.7. The van der Waals surface area contributed by atoms with Crippen molar-refractivity contribution in [2.45, 2.75) is 89.1 Å². The lowest BCUT2D eigenvalue weighted by atomic mass is 9.79. The predicted octanol–water partition coefficient (Wildman–Crippen LogP) is 4.76. The Bertz CT molecular complexity index is 265. The second-order valence-corrected chi connectivity index (χ2v) is 6.95. The second-order valence-electron chi connectivity index (χ2n) is 6.95. The van der Waals surface area contributed by atoms with Crippen molar-refractivity contribution in [2.24, 2.45) is 0 Å². The Kier molecular flexibility index (Phi) is 9.26. The molecule has 1 fully saturated rings. The van der Waals surface area contributed by atoms with Gasteiger partial charge >= 0.3 is 0 Å². The fraction of sp³-hybridized carbons (Fsp3) is 0.895. The van der Waals surface area contributed by atoms with E-state index >= 15 is 0 Å². The van der Waals surface area contributed by atoms with Crippen molar-refractivity contribution in [3.05, 3.63) is 12.7 Å². The highest BCUT2D eigenvalue weighted by Gasteiger charge is 2.39. The van der Waals surface area contributed by atoms with E-state index in [0.29, 0.717) is 11.6 Å². The molecule has 0 spiro atoms. The molecule has 0 saturated heterocycles. The van der Waals surface area contributed by atoms with E-state index in [9.17, 15) is 0 Å². The van der Waals surface area contributed by atoms with Crippen LogP contribution in [0.25, 0.3) is 0 Å². The van der Waals surface area contributed by atoms with Crippen LogP contribution >= 0.6 is 0 Å². The monoisotopic (exact) mass is 294 g/mol. The number of unbranched alkanes of at least 4 members (excludes halogenated alkanes) is 3. The van der Waals surface area contributed by atoms with Gasteiger partial charge in [0.05, 0.1) is 0 Å². The summed E-state index contributed by atoms with van der Waals surface area (Å²) < 4.78 is 0. The minimum absolute atomic E-state index is 0.380. The molecule has 1 atom stereocenters. The average molecular weight is 295 g/mol. The first-order valence-electron chi connectivity index (χ1n) is 9.19. The third kappa shape index (κ3) is 5.75. The maximum Gasteiger partial charge on any atom is 0.0356 e. The van der Waals surface area contributed by atoms with Crippen molar-refractivity contribution in [1.82, 2.24) is 10.2 Å². The zero-order valence-corrected chi connectivity index (χ0v) is 14.8. The quantitative estimate of drug-likeness (QED) is 0.355. The fourth-order valence-electron chi connectivity index (χ4n) is 4.07. The van der Waals surface area contributed by atoms with E-state index in [0.717, 1.165) is 6.54 Å². The molecule has 124 valence electrons. The Balaban J connectivity index is 2.65.